The van der Waals surface area contributed by atoms with Gasteiger partial charge in [-0.25, -0.2) is 9.59 Å². The molecule has 17 heavy (non-hydrogen) atoms. The number of rotatable bonds is 3. The van der Waals surface area contributed by atoms with E-state index in [0.717, 1.165) is 11.3 Å². The number of carboxylic acid groups (broad SMARTS) is 1. The predicted molar refractivity (Wildman–Crippen MR) is 62.4 cm³/mol. The molecule has 1 N–H and O–H groups in total. The largest absolute Gasteiger partial charge is 0.480 e. The van der Waals surface area contributed by atoms with Crippen molar-refractivity contribution in [2.24, 2.45) is 5.41 Å². The van der Waals surface area contributed by atoms with Gasteiger partial charge in [-0.15, -0.1) is 0 Å². The number of carbonyl (C=O) groups excluding carboxylic acids is 1. The molecule has 0 aromatic carbocycles. The van der Waals surface area contributed by atoms with Crippen molar-refractivity contribution in [3.8, 4) is 0 Å². The number of amides is 1. The summed E-state index contributed by atoms with van der Waals surface area (Å²) < 4.78 is 5.05. The van der Waals surface area contributed by atoms with Crippen LogP contribution in [0.3, 0.4) is 0 Å². The number of carboxylic acids is 1. The monoisotopic (exact) mass is 241 g/mol. The van der Waals surface area contributed by atoms with Gasteiger partial charge >= 0.3 is 12.1 Å². The number of hydrogen-bond acceptors (Lipinski definition) is 3. The van der Waals surface area contributed by atoms with Crippen LogP contribution in [-0.4, -0.2) is 34.7 Å². The molecule has 1 rings (SSSR count). The van der Waals surface area contributed by atoms with E-state index in [1.807, 2.05) is 0 Å². The minimum absolute atomic E-state index is 0.0906. The number of ether oxygens (including phenoxy) is 1. The van der Waals surface area contributed by atoms with Gasteiger partial charge in [-0.05, 0) is 18.3 Å². The Morgan fingerprint density at radius 1 is 1.47 bits per heavy atom. The molecule has 1 heterocycles. The van der Waals surface area contributed by atoms with Gasteiger partial charge in [0, 0.05) is 6.20 Å². The van der Waals surface area contributed by atoms with Crippen molar-refractivity contribution in [2.75, 3.05) is 6.61 Å². The molecule has 1 amide bonds. The highest BCUT2D eigenvalue weighted by atomic mass is 16.6. The Balaban J connectivity index is 2.42. The first-order valence-electron chi connectivity index (χ1n) is 5.66. The van der Waals surface area contributed by atoms with E-state index in [2.05, 4.69) is 20.8 Å². The minimum atomic E-state index is -1.01. The zero-order valence-corrected chi connectivity index (χ0v) is 10.5. The van der Waals surface area contributed by atoms with Crippen LogP contribution in [0.25, 0.3) is 0 Å². The molecule has 0 aliphatic carbocycles. The predicted octanol–water partition coefficient (Wildman–Crippen LogP) is 2.23. The van der Waals surface area contributed by atoms with Gasteiger partial charge in [-0.2, -0.15) is 0 Å². The summed E-state index contributed by atoms with van der Waals surface area (Å²) in [7, 11) is 0. The topological polar surface area (TPSA) is 66.8 Å². The molecule has 0 bridgehead atoms. The molecular weight excluding hydrogens is 222 g/mol. The molecule has 0 aromatic heterocycles. The van der Waals surface area contributed by atoms with Crippen molar-refractivity contribution in [1.29, 1.82) is 0 Å². The summed E-state index contributed by atoms with van der Waals surface area (Å²) in [4.78, 5) is 23.6. The fourth-order valence-corrected chi connectivity index (χ4v) is 1.45. The van der Waals surface area contributed by atoms with E-state index in [1.165, 1.54) is 6.20 Å². The van der Waals surface area contributed by atoms with E-state index in [-0.39, 0.29) is 5.41 Å². The van der Waals surface area contributed by atoms with Crippen LogP contribution in [0.4, 0.5) is 4.79 Å². The standard InChI is InChI=1S/C12H19NO4/c1-12(2,3)6-8-17-11(16)13-7-4-5-9(13)10(14)15/h4,7,9H,5-6,8H2,1-3H3,(H,14,15)/t9-/m0/s1. The third-order valence-corrected chi connectivity index (χ3v) is 2.53. The summed E-state index contributed by atoms with van der Waals surface area (Å²) in [6.07, 6.45) is 3.62. The van der Waals surface area contributed by atoms with Crippen LogP contribution in [0.15, 0.2) is 12.3 Å². The summed E-state index contributed by atoms with van der Waals surface area (Å²) in [5.41, 5.74) is 0.0906. The van der Waals surface area contributed by atoms with E-state index in [9.17, 15) is 9.59 Å². The Bertz CT molecular complexity index is 330. The fraction of sp³-hybridized carbons (Fsp3) is 0.667. The number of carbonyl (C=O) groups is 2. The highest BCUT2D eigenvalue weighted by Crippen LogP contribution is 2.20. The van der Waals surface area contributed by atoms with Crippen LogP contribution in [0.1, 0.15) is 33.6 Å². The summed E-state index contributed by atoms with van der Waals surface area (Å²) in [5.74, 6) is -1.01. The lowest BCUT2D eigenvalue weighted by Gasteiger charge is -2.22. The van der Waals surface area contributed by atoms with Crippen molar-refractivity contribution in [2.45, 2.75) is 39.7 Å². The van der Waals surface area contributed by atoms with Gasteiger partial charge < -0.3 is 9.84 Å². The Morgan fingerprint density at radius 3 is 2.65 bits per heavy atom. The maximum absolute atomic E-state index is 11.6. The first kappa shape index (κ1) is 13.5. The molecule has 1 atom stereocenters. The van der Waals surface area contributed by atoms with Gasteiger partial charge in [-0.1, -0.05) is 26.8 Å². The highest BCUT2D eigenvalue weighted by Gasteiger charge is 2.31. The van der Waals surface area contributed by atoms with E-state index in [4.69, 9.17) is 9.84 Å². The molecule has 0 saturated carbocycles. The quantitative estimate of drug-likeness (QED) is 0.822. The Morgan fingerprint density at radius 2 is 2.12 bits per heavy atom. The smallest absolute Gasteiger partial charge is 0.414 e. The minimum Gasteiger partial charge on any atom is -0.480 e. The third-order valence-electron chi connectivity index (χ3n) is 2.53. The van der Waals surface area contributed by atoms with E-state index in [1.54, 1.807) is 6.08 Å². The molecule has 0 aromatic rings. The normalized spacial score (nSPS) is 19.5. The van der Waals surface area contributed by atoms with Crippen molar-refractivity contribution in [3.05, 3.63) is 12.3 Å². The maximum atomic E-state index is 11.6. The fourth-order valence-electron chi connectivity index (χ4n) is 1.45. The van der Waals surface area contributed by atoms with Crippen LogP contribution in [0.2, 0.25) is 0 Å². The molecule has 0 saturated heterocycles. The maximum Gasteiger partial charge on any atom is 0.414 e. The average molecular weight is 241 g/mol. The highest BCUT2D eigenvalue weighted by molar-refractivity contribution is 5.81. The lowest BCUT2D eigenvalue weighted by molar-refractivity contribution is -0.141. The van der Waals surface area contributed by atoms with Crippen molar-refractivity contribution < 1.29 is 19.4 Å². The summed E-state index contributed by atoms with van der Waals surface area (Å²) in [5, 5.41) is 8.90. The SMILES string of the molecule is CC(C)(C)CCOC(=O)N1C=CC[C@H]1C(=O)O. The molecular formula is C12H19NO4. The van der Waals surface area contributed by atoms with Crippen LogP contribution in [-0.2, 0) is 9.53 Å². The van der Waals surface area contributed by atoms with Crippen LogP contribution >= 0.6 is 0 Å². The van der Waals surface area contributed by atoms with Gasteiger partial charge in [0.25, 0.3) is 0 Å². The van der Waals surface area contributed by atoms with Crippen LogP contribution in [0, 0.1) is 5.41 Å². The van der Waals surface area contributed by atoms with E-state index >= 15 is 0 Å². The molecule has 0 fully saturated rings. The summed E-state index contributed by atoms with van der Waals surface area (Å²) in [6, 6.07) is -0.822. The van der Waals surface area contributed by atoms with Crippen molar-refractivity contribution in [3.63, 3.8) is 0 Å². The van der Waals surface area contributed by atoms with Gasteiger partial charge in [0.15, 0.2) is 0 Å². The third kappa shape index (κ3) is 4.09. The van der Waals surface area contributed by atoms with E-state index in [0.29, 0.717) is 13.0 Å². The zero-order chi connectivity index (χ0) is 13.1. The lowest BCUT2D eigenvalue weighted by Crippen LogP contribution is -2.39. The lowest BCUT2D eigenvalue weighted by atomic mass is 9.93. The second-order valence-corrected chi connectivity index (χ2v) is 5.31. The Hall–Kier alpha value is -1.52. The molecule has 96 valence electrons. The number of aliphatic carboxylic acids is 1. The van der Waals surface area contributed by atoms with Gasteiger partial charge in [0.05, 0.1) is 6.61 Å². The molecule has 0 unspecified atom stereocenters. The zero-order valence-electron chi connectivity index (χ0n) is 10.5. The molecule has 0 spiro atoms. The second-order valence-electron chi connectivity index (χ2n) is 5.31. The molecule has 1 aliphatic rings. The number of nitrogens with zero attached hydrogens (tertiary/aromatic N) is 1. The van der Waals surface area contributed by atoms with Crippen molar-refractivity contribution in [1.82, 2.24) is 4.90 Å². The Kier molecular flexibility index (Phi) is 4.15. The van der Waals surface area contributed by atoms with E-state index < -0.39 is 18.1 Å². The Labute approximate surface area is 101 Å². The summed E-state index contributed by atoms with van der Waals surface area (Å²) in [6.45, 7) is 6.46. The summed E-state index contributed by atoms with van der Waals surface area (Å²) >= 11 is 0. The van der Waals surface area contributed by atoms with Crippen molar-refractivity contribution >= 4 is 12.1 Å². The molecule has 5 nitrogen and oxygen atoms in total. The second kappa shape index (κ2) is 5.21. The van der Waals surface area contributed by atoms with Crippen LogP contribution in [0.5, 0.6) is 0 Å². The molecule has 5 heteroatoms. The van der Waals surface area contributed by atoms with Gasteiger partial charge in [0.2, 0.25) is 0 Å². The van der Waals surface area contributed by atoms with Gasteiger partial charge in [0.1, 0.15) is 6.04 Å². The average Bonchev–Trinajstić information content (AvgIpc) is 2.63. The van der Waals surface area contributed by atoms with Gasteiger partial charge in [-0.3, -0.25) is 4.90 Å². The molecule has 0 radical (unpaired) electrons. The van der Waals surface area contributed by atoms with Crippen LogP contribution < -0.4 is 0 Å². The first-order chi connectivity index (χ1) is 7.81. The number of hydrogen-bond donors (Lipinski definition) is 1. The first-order valence-corrected chi connectivity index (χ1v) is 5.66. The molecule has 1 aliphatic heterocycles.